The van der Waals surface area contributed by atoms with Gasteiger partial charge in [0, 0.05) is 0 Å². The summed E-state index contributed by atoms with van der Waals surface area (Å²) in [5.74, 6) is -0.111. The summed E-state index contributed by atoms with van der Waals surface area (Å²) in [5.41, 5.74) is 5.17. The molecule has 5 heteroatoms. The van der Waals surface area contributed by atoms with Gasteiger partial charge in [-0.15, -0.1) is 0 Å². The van der Waals surface area contributed by atoms with E-state index in [0.717, 1.165) is 6.07 Å². The van der Waals surface area contributed by atoms with Crippen molar-refractivity contribution in [3.63, 3.8) is 0 Å². The highest BCUT2D eigenvalue weighted by atomic mass is 19.4. The maximum absolute atomic E-state index is 12.8. The van der Waals surface area contributed by atoms with Crippen LogP contribution in [0.5, 0.6) is 5.75 Å². The Morgan fingerprint density at radius 2 is 2.00 bits per heavy atom. The quantitative estimate of drug-likeness (QED) is 0.868. The molecule has 0 fully saturated rings. The summed E-state index contributed by atoms with van der Waals surface area (Å²) < 4.78 is 43.4. The molecule has 0 radical (unpaired) electrons. The summed E-state index contributed by atoms with van der Waals surface area (Å²) in [5, 5.41) is 0. The number of nitrogens with two attached hydrogens (primary N) is 1. The molecule has 1 rings (SSSR count). The molecule has 0 aromatic heterocycles. The van der Waals surface area contributed by atoms with Crippen LogP contribution in [0.2, 0.25) is 0 Å². The van der Waals surface area contributed by atoms with Crippen LogP contribution in [0.1, 0.15) is 24.5 Å². The van der Waals surface area contributed by atoms with Gasteiger partial charge in [0.15, 0.2) is 0 Å². The summed E-state index contributed by atoms with van der Waals surface area (Å²) >= 11 is 0. The summed E-state index contributed by atoms with van der Waals surface area (Å²) in [6.07, 6.45) is -3.30. The van der Waals surface area contributed by atoms with Gasteiger partial charge in [-0.25, -0.2) is 0 Å². The minimum atomic E-state index is -4.40. The van der Waals surface area contributed by atoms with Crippen molar-refractivity contribution in [2.45, 2.75) is 25.9 Å². The molecule has 0 unspecified atom stereocenters. The SMILES string of the molecule is CCCOc1ccc(CCN)cc1C(F)(F)F. The lowest BCUT2D eigenvalue weighted by Crippen LogP contribution is -2.11. The highest BCUT2D eigenvalue weighted by Gasteiger charge is 2.34. The lowest BCUT2D eigenvalue weighted by molar-refractivity contribution is -0.139. The summed E-state index contributed by atoms with van der Waals surface area (Å²) in [6, 6.07) is 4.09. The van der Waals surface area contributed by atoms with E-state index in [1.165, 1.54) is 6.07 Å². The third-order valence-electron chi connectivity index (χ3n) is 2.24. The Kier molecular flexibility index (Phi) is 4.81. The maximum atomic E-state index is 12.8. The minimum Gasteiger partial charge on any atom is -0.493 e. The highest BCUT2D eigenvalue weighted by Crippen LogP contribution is 2.36. The average Bonchev–Trinajstić information content (AvgIpc) is 2.26. The lowest BCUT2D eigenvalue weighted by Gasteiger charge is -2.14. The number of benzene rings is 1. The molecular weight excluding hydrogens is 231 g/mol. The van der Waals surface area contributed by atoms with Crippen molar-refractivity contribution in [1.29, 1.82) is 0 Å². The summed E-state index contributed by atoms with van der Waals surface area (Å²) in [4.78, 5) is 0. The molecule has 2 nitrogen and oxygen atoms in total. The molecular formula is C12H16F3NO. The Bertz CT molecular complexity index is 363. The van der Waals surface area contributed by atoms with Gasteiger partial charge in [-0.2, -0.15) is 13.2 Å². The molecule has 0 aliphatic rings. The fourth-order valence-corrected chi connectivity index (χ4v) is 1.46. The van der Waals surface area contributed by atoms with Crippen LogP contribution < -0.4 is 10.5 Å². The molecule has 1 aromatic carbocycles. The topological polar surface area (TPSA) is 35.2 Å². The second-order valence-electron chi connectivity index (χ2n) is 3.72. The van der Waals surface area contributed by atoms with Crippen LogP contribution in [0.25, 0.3) is 0 Å². The minimum absolute atomic E-state index is 0.111. The fourth-order valence-electron chi connectivity index (χ4n) is 1.46. The molecule has 0 saturated carbocycles. The van der Waals surface area contributed by atoms with Gasteiger partial charge in [0.05, 0.1) is 12.2 Å². The monoisotopic (exact) mass is 247 g/mol. The second kappa shape index (κ2) is 5.91. The predicted octanol–water partition coefficient (Wildman–Crippen LogP) is 3.00. The third-order valence-corrected chi connectivity index (χ3v) is 2.24. The maximum Gasteiger partial charge on any atom is 0.419 e. The van der Waals surface area contributed by atoms with E-state index in [0.29, 0.717) is 24.9 Å². The van der Waals surface area contributed by atoms with Crippen LogP contribution in [-0.4, -0.2) is 13.2 Å². The number of hydrogen-bond acceptors (Lipinski definition) is 2. The zero-order chi connectivity index (χ0) is 12.9. The predicted molar refractivity (Wildman–Crippen MR) is 60.0 cm³/mol. The molecule has 0 heterocycles. The Morgan fingerprint density at radius 1 is 1.29 bits per heavy atom. The van der Waals surface area contributed by atoms with Crippen LogP contribution in [0.3, 0.4) is 0 Å². The first-order valence-electron chi connectivity index (χ1n) is 5.52. The van der Waals surface area contributed by atoms with E-state index in [4.69, 9.17) is 10.5 Å². The van der Waals surface area contributed by atoms with E-state index in [1.807, 2.05) is 6.92 Å². The van der Waals surface area contributed by atoms with Crippen molar-refractivity contribution >= 4 is 0 Å². The molecule has 0 bridgehead atoms. The largest absolute Gasteiger partial charge is 0.493 e. The van der Waals surface area contributed by atoms with E-state index >= 15 is 0 Å². The normalized spacial score (nSPS) is 11.6. The first-order valence-corrected chi connectivity index (χ1v) is 5.52. The zero-order valence-electron chi connectivity index (χ0n) is 9.68. The summed E-state index contributed by atoms with van der Waals surface area (Å²) in [7, 11) is 0. The van der Waals surface area contributed by atoms with Gasteiger partial charge in [0.1, 0.15) is 5.75 Å². The van der Waals surface area contributed by atoms with E-state index in [-0.39, 0.29) is 12.4 Å². The van der Waals surface area contributed by atoms with Gasteiger partial charge in [-0.3, -0.25) is 0 Å². The average molecular weight is 247 g/mol. The third kappa shape index (κ3) is 3.93. The van der Waals surface area contributed by atoms with Crippen LogP contribution in [0.15, 0.2) is 18.2 Å². The number of hydrogen-bond donors (Lipinski definition) is 1. The van der Waals surface area contributed by atoms with Crippen LogP contribution in [-0.2, 0) is 12.6 Å². The fraction of sp³-hybridized carbons (Fsp3) is 0.500. The van der Waals surface area contributed by atoms with Crippen LogP contribution in [0, 0.1) is 0 Å². The molecule has 2 N–H and O–H groups in total. The second-order valence-corrected chi connectivity index (χ2v) is 3.72. The Morgan fingerprint density at radius 3 is 2.53 bits per heavy atom. The van der Waals surface area contributed by atoms with Gasteiger partial charge in [-0.1, -0.05) is 13.0 Å². The van der Waals surface area contributed by atoms with Crippen molar-refractivity contribution in [1.82, 2.24) is 0 Å². The van der Waals surface area contributed by atoms with Gasteiger partial charge in [0.25, 0.3) is 0 Å². The van der Waals surface area contributed by atoms with Crippen molar-refractivity contribution in [3.05, 3.63) is 29.3 Å². The molecule has 0 atom stereocenters. The van der Waals surface area contributed by atoms with Crippen LogP contribution in [0.4, 0.5) is 13.2 Å². The highest BCUT2D eigenvalue weighted by molar-refractivity contribution is 5.39. The molecule has 0 saturated heterocycles. The molecule has 0 aliphatic heterocycles. The van der Waals surface area contributed by atoms with Crippen LogP contribution >= 0.6 is 0 Å². The molecule has 0 spiro atoms. The lowest BCUT2D eigenvalue weighted by atomic mass is 10.1. The Labute approximate surface area is 98.6 Å². The van der Waals surface area contributed by atoms with Crippen molar-refractivity contribution in [3.8, 4) is 5.75 Å². The molecule has 0 amide bonds. The van der Waals surface area contributed by atoms with Gasteiger partial charge >= 0.3 is 6.18 Å². The molecule has 17 heavy (non-hydrogen) atoms. The molecule has 0 aliphatic carbocycles. The van der Waals surface area contributed by atoms with Gasteiger partial charge in [0.2, 0.25) is 0 Å². The molecule has 96 valence electrons. The van der Waals surface area contributed by atoms with Gasteiger partial charge in [-0.05, 0) is 37.1 Å². The number of alkyl halides is 3. The standard InChI is InChI=1S/C12H16F3NO/c1-2-7-17-11-4-3-9(5-6-16)8-10(11)12(13,14)15/h3-4,8H,2,5-7,16H2,1H3. The van der Waals surface area contributed by atoms with Crippen molar-refractivity contribution < 1.29 is 17.9 Å². The first-order chi connectivity index (χ1) is 7.99. The zero-order valence-corrected chi connectivity index (χ0v) is 9.68. The number of halogens is 3. The Balaban J connectivity index is 3.03. The van der Waals surface area contributed by atoms with E-state index in [1.54, 1.807) is 6.07 Å². The van der Waals surface area contributed by atoms with E-state index in [2.05, 4.69) is 0 Å². The van der Waals surface area contributed by atoms with Gasteiger partial charge < -0.3 is 10.5 Å². The summed E-state index contributed by atoms with van der Waals surface area (Å²) in [6.45, 7) is 2.45. The number of ether oxygens (including phenoxy) is 1. The first kappa shape index (κ1) is 13.8. The van der Waals surface area contributed by atoms with E-state index in [9.17, 15) is 13.2 Å². The van der Waals surface area contributed by atoms with Crippen molar-refractivity contribution in [2.24, 2.45) is 5.73 Å². The number of rotatable bonds is 5. The van der Waals surface area contributed by atoms with E-state index < -0.39 is 11.7 Å². The Hall–Kier alpha value is -1.23. The molecule has 1 aromatic rings. The van der Waals surface area contributed by atoms with Crippen molar-refractivity contribution in [2.75, 3.05) is 13.2 Å². The smallest absolute Gasteiger partial charge is 0.419 e.